The van der Waals surface area contributed by atoms with Crippen molar-refractivity contribution in [2.45, 2.75) is 12.8 Å². The number of pyridine rings is 1. The van der Waals surface area contributed by atoms with Crippen molar-refractivity contribution >= 4 is 17.1 Å². The summed E-state index contributed by atoms with van der Waals surface area (Å²) in [7, 11) is 0. The molecule has 1 amide bonds. The van der Waals surface area contributed by atoms with E-state index >= 15 is 0 Å². The predicted octanol–water partition coefficient (Wildman–Crippen LogP) is 2.77. The van der Waals surface area contributed by atoms with Gasteiger partial charge in [-0.15, -0.1) is 0 Å². The van der Waals surface area contributed by atoms with Crippen LogP contribution in [-0.4, -0.2) is 33.9 Å². The Morgan fingerprint density at radius 2 is 2.31 bits per heavy atom. The van der Waals surface area contributed by atoms with Crippen LogP contribution < -0.4 is 10.6 Å². The van der Waals surface area contributed by atoms with Crippen LogP contribution in [0.4, 0.5) is 0 Å². The van der Waals surface area contributed by atoms with Crippen molar-refractivity contribution in [3.05, 3.63) is 60.3 Å². The highest BCUT2D eigenvalue weighted by molar-refractivity contribution is 6.04. The molecule has 1 aliphatic rings. The molecule has 0 bridgehead atoms. The number of aromatic amines is 1. The molecular weight excluding hydrogens is 330 g/mol. The average Bonchev–Trinajstić information content (AvgIpc) is 3.34. The van der Waals surface area contributed by atoms with Crippen molar-refractivity contribution in [1.82, 2.24) is 25.6 Å². The van der Waals surface area contributed by atoms with Gasteiger partial charge in [0.15, 0.2) is 5.65 Å². The van der Waals surface area contributed by atoms with Gasteiger partial charge in [0, 0.05) is 19.3 Å². The van der Waals surface area contributed by atoms with E-state index < -0.39 is 0 Å². The minimum absolute atomic E-state index is 0.130. The molecule has 3 N–H and O–H groups in total. The Kier molecular flexibility index (Phi) is 4.51. The van der Waals surface area contributed by atoms with E-state index in [0.29, 0.717) is 29.1 Å². The number of carbonyl (C=O) groups excluding carboxylic acids is 1. The number of amides is 1. The van der Waals surface area contributed by atoms with Gasteiger partial charge in [0.25, 0.3) is 5.91 Å². The highest BCUT2D eigenvalue weighted by atomic mass is 16.3. The van der Waals surface area contributed by atoms with Gasteiger partial charge < -0.3 is 20.0 Å². The van der Waals surface area contributed by atoms with Gasteiger partial charge in [-0.2, -0.15) is 0 Å². The van der Waals surface area contributed by atoms with Crippen LogP contribution in [-0.2, 0) is 0 Å². The number of allylic oxidation sites excluding steroid dienone is 2. The molecule has 0 spiro atoms. The van der Waals surface area contributed by atoms with Gasteiger partial charge in [0.05, 0.1) is 22.9 Å². The Morgan fingerprint density at radius 1 is 1.35 bits per heavy atom. The van der Waals surface area contributed by atoms with Gasteiger partial charge in [-0.3, -0.25) is 4.79 Å². The van der Waals surface area contributed by atoms with Gasteiger partial charge in [0.1, 0.15) is 12.1 Å². The lowest BCUT2D eigenvalue weighted by atomic mass is 10.1. The van der Waals surface area contributed by atoms with Gasteiger partial charge in [-0.25, -0.2) is 9.97 Å². The van der Waals surface area contributed by atoms with Gasteiger partial charge in [0.2, 0.25) is 0 Å². The summed E-state index contributed by atoms with van der Waals surface area (Å²) in [6.07, 6.45) is 12.8. The summed E-state index contributed by atoms with van der Waals surface area (Å²) in [6.45, 7) is 1.48. The first-order valence-corrected chi connectivity index (χ1v) is 8.56. The number of rotatable bonds is 6. The van der Waals surface area contributed by atoms with E-state index in [9.17, 15) is 4.79 Å². The zero-order valence-electron chi connectivity index (χ0n) is 14.2. The monoisotopic (exact) mass is 349 g/mol. The summed E-state index contributed by atoms with van der Waals surface area (Å²) in [5.41, 5.74) is 3.79. The first-order chi connectivity index (χ1) is 12.8. The van der Waals surface area contributed by atoms with Gasteiger partial charge in [-0.05, 0) is 42.8 Å². The maximum absolute atomic E-state index is 12.6. The molecule has 3 aromatic rings. The first kappa shape index (κ1) is 16.1. The number of furan rings is 1. The number of aromatic nitrogens is 3. The highest BCUT2D eigenvalue weighted by Gasteiger charge is 2.15. The molecule has 0 unspecified atom stereocenters. The van der Waals surface area contributed by atoms with Crippen molar-refractivity contribution in [2.24, 2.45) is 0 Å². The summed E-state index contributed by atoms with van der Waals surface area (Å²) < 4.78 is 5.09. The molecule has 0 saturated heterocycles. The first-order valence-electron chi connectivity index (χ1n) is 8.56. The van der Waals surface area contributed by atoms with E-state index in [1.165, 1.54) is 5.57 Å². The number of H-pyrrole nitrogens is 1. The van der Waals surface area contributed by atoms with Crippen molar-refractivity contribution in [3.63, 3.8) is 0 Å². The molecule has 7 heteroatoms. The van der Waals surface area contributed by atoms with Gasteiger partial charge >= 0.3 is 0 Å². The Balaban J connectivity index is 1.43. The second kappa shape index (κ2) is 7.26. The van der Waals surface area contributed by atoms with E-state index in [2.05, 4.69) is 37.7 Å². The number of imidazole rings is 1. The molecule has 0 atom stereocenters. The van der Waals surface area contributed by atoms with Crippen molar-refractivity contribution < 1.29 is 9.21 Å². The molecule has 0 radical (unpaired) electrons. The molecule has 1 aliphatic heterocycles. The number of nitrogens with zero attached hydrogens (tertiary/aromatic N) is 2. The van der Waals surface area contributed by atoms with E-state index in [1.54, 1.807) is 30.9 Å². The molecule has 0 saturated carbocycles. The van der Waals surface area contributed by atoms with Crippen molar-refractivity contribution in [3.8, 4) is 11.4 Å². The van der Waals surface area contributed by atoms with E-state index in [0.717, 1.165) is 24.9 Å². The molecular formula is C19H19N5O2. The molecule has 7 nitrogen and oxygen atoms in total. The molecule has 0 aliphatic carbocycles. The van der Waals surface area contributed by atoms with Crippen LogP contribution >= 0.6 is 0 Å². The largest absolute Gasteiger partial charge is 0.472 e. The van der Waals surface area contributed by atoms with Crippen molar-refractivity contribution in [1.29, 1.82) is 0 Å². The lowest BCUT2D eigenvalue weighted by molar-refractivity contribution is 0.0954. The Bertz CT molecular complexity index is 969. The lowest BCUT2D eigenvalue weighted by Crippen LogP contribution is -2.25. The Labute approximate surface area is 150 Å². The zero-order chi connectivity index (χ0) is 17.8. The summed E-state index contributed by atoms with van der Waals surface area (Å²) in [5, 5.41) is 6.10. The van der Waals surface area contributed by atoms with Crippen LogP contribution in [0.1, 0.15) is 23.2 Å². The van der Waals surface area contributed by atoms with Crippen molar-refractivity contribution in [2.75, 3.05) is 13.1 Å². The van der Waals surface area contributed by atoms with E-state index in [-0.39, 0.29) is 5.91 Å². The third-order valence-corrected chi connectivity index (χ3v) is 4.26. The van der Waals surface area contributed by atoms with Crippen LogP contribution in [0.5, 0.6) is 0 Å². The highest BCUT2D eigenvalue weighted by Crippen LogP contribution is 2.21. The Morgan fingerprint density at radius 3 is 3.12 bits per heavy atom. The molecule has 26 heavy (non-hydrogen) atoms. The maximum Gasteiger partial charge on any atom is 0.253 e. The van der Waals surface area contributed by atoms with Gasteiger partial charge in [-0.1, -0.05) is 6.08 Å². The zero-order valence-corrected chi connectivity index (χ0v) is 14.2. The summed E-state index contributed by atoms with van der Waals surface area (Å²) in [4.78, 5) is 24.4. The molecule has 0 fully saturated rings. The smallest absolute Gasteiger partial charge is 0.253 e. The fourth-order valence-corrected chi connectivity index (χ4v) is 2.90. The third kappa shape index (κ3) is 3.37. The molecule has 3 aromatic heterocycles. The Hall–Kier alpha value is -3.35. The third-order valence-electron chi connectivity index (χ3n) is 4.26. The fraction of sp³-hybridized carbons (Fsp3) is 0.211. The normalized spacial score (nSPS) is 13.5. The SMILES string of the molecule is O=C(NCCCC1=CCNC=C1)c1ccnc2nc(-c3ccoc3)[nH]c12. The van der Waals surface area contributed by atoms with E-state index in [1.807, 2.05) is 6.20 Å². The average molecular weight is 349 g/mol. The number of fused-ring (bicyclic) bond motifs is 1. The maximum atomic E-state index is 12.6. The second-order valence-corrected chi connectivity index (χ2v) is 6.03. The quantitative estimate of drug-likeness (QED) is 0.595. The topological polar surface area (TPSA) is 95.8 Å². The number of carbonyl (C=O) groups is 1. The number of hydrogen-bond acceptors (Lipinski definition) is 5. The predicted molar refractivity (Wildman–Crippen MR) is 98.4 cm³/mol. The number of dihydropyridines is 1. The minimum Gasteiger partial charge on any atom is -0.472 e. The van der Waals surface area contributed by atoms with Crippen LogP contribution in [0.3, 0.4) is 0 Å². The van der Waals surface area contributed by atoms with E-state index in [4.69, 9.17) is 4.42 Å². The summed E-state index contributed by atoms with van der Waals surface area (Å²) >= 11 is 0. The summed E-state index contributed by atoms with van der Waals surface area (Å²) in [5.74, 6) is 0.501. The van der Waals surface area contributed by atoms with Crippen LogP contribution in [0.25, 0.3) is 22.6 Å². The summed E-state index contributed by atoms with van der Waals surface area (Å²) in [6, 6.07) is 3.51. The second-order valence-electron chi connectivity index (χ2n) is 6.03. The minimum atomic E-state index is -0.130. The number of nitrogens with one attached hydrogen (secondary N) is 3. The van der Waals surface area contributed by atoms with Crippen LogP contribution in [0.2, 0.25) is 0 Å². The molecule has 4 heterocycles. The van der Waals surface area contributed by atoms with Crippen LogP contribution in [0.15, 0.2) is 59.2 Å². The number of hydrogen-bond donors (Lipinski definition) is 3. The molecule has 4 rings (SSSR count). The lowest BCUT2D eigenvalue weighted by Gasteiger charge is -2.09. The molecule has 132 valence electrons. The van der Waals surface area contributed by atoms with Crippen LogP contribution in [0, 0.1) is 0 Å². The fourth-order valence-electron chi connectivity index (χ4n) is 2.90. The molecule has 0 aromatic carbocycles. The standard InChI is InChI=1S/C19H19N5O2/c25-19(22-7-1-2-13-3-8-20-9-4-13)15-5-10-21-18-16(15)23-17(24-18)14-6-11-26-12-14/h3-6,8,10-12,20H,1-2,7,9H2,(H,22,25)(H,21,23,24).